The fourth-order valence-corrected chi connectivity index (χ4v) is 4.61. The van der Waals surface area contributed by atoms with Gasteiger partial charge in [-0.05, 0) is 65.9 Å². The van der Waals surface area contributed by atoms with Crippen LogP contribution in [0.15, 0.2) is 47.8 Å². The first-order valence-electron chi connectivity index (χ1n) is 11.0. The van der Waals surface area contributed by atoms with Gasteiger partial charge in [-0.25, -0.2) is 0 Å². The van der Waals surface area contributed by atoms with Crippen LogP contribution in [0.5, 0.6) is 5.75 Å². The molecule has 31 heavy (non-hydrogen) atoms. The number of aliphatic hydroxyl groups is 2. The van der Waals surface area contributed by atoms with Crippen molar-refractivity contribution < 1.29 is 20.1 Å². The van der Waals surface area contributed by atoms with Crippen LogP contribution in [0, 0.1) is 0 Å². The second-order valence-electron chi connectivity index (χ2n) is 7.80. The van der Waals surface area contributed by atoms with Crippen molar-refractivity contribution in [2.75, 3.05) is 26.3 Å². The highest BCUT2D eigenvalue weighted by molar-refractivity contribution is 7.17. The lowest BCUT2D eigenvalue weighted by atomic mass is 10.1. The van der Waals surface area contributed by atoms with Crippen LogP contribution >= 0.6 is 11.3 Å². The maximum atomic E-state index is 10.2. The van der Waals surface area contributed by atoms with Crippen molar-refractivity contribution in [3.05, 3.63) is 64.5 Å². The van der Waals surface area contributed by atoms with Crippen molar-refractivity contribution in [2.24, 2.45) is 0 Å². The first-order valence-corrected chi connectivity index (χ1v) is 11.9. The van der Waals surface area contributed by atoms with E-state index < -0.39 is 6.10 Å². The van der Waals surface area contributed by atoms with E-state index in [2.05, 4.69) is 35.0 Å². The van der Waals surface area contributed by atoms with Crippen LogP contribution in [0.2, 0.25) is 0 Å². The number of hydrogen-bond acceptors (Lipinski definition) is 6. The fraction of sp³-hybridized carbons (Fsp3) is 0.440. The first kappa shape index (κ1) is 23.7. The molecule has 0 bridgehead atoms. The van der Waals surface area contributed by atoms with Gasteiger partial charge in [0.1, 0.15) is 5.75 Å². The van der Waals surface area contributed by atoms with Gasteiger partial charge in [0.05, 0.1) is 19.3 Å². The van der Waals surface area contributed by atoms with E-state index in [1.165, 1.54) is 21.7 Å². The zero-order valence-electron chi connectivity index (χ0n) is 17.9. The van der Waals surface area contributed by atoms with Gasteiger partial charge < -0.3 is 25.4 Å². The van der Waals surface area contributed by atoms with Gasteiger partial charge in [0.25, 0.3) is 0 Å². The average molecular weight is 444 g/mol. The van der Waals surface area contributed by atoms with E-state index in [0.29, 0.717) is 17.7 Å². The number of hydrogen-bond donors (Lipinski definition) is 4. The number of ether oxygens (including phenoxy) is 1. The van der Waals surface area contributed by atoms with Crippen LogP contribution < -0.4 is 5.32 Å². The Kier molecular flexibility index (Phi) is 9.78. The smallest absolute Gasteiger partial charge is 0.121 e. The maximum absolute atomic E-state index is 10.2. The van der Waals surface area contributed by atoms with Crippen LogP contribution in [0.4, 0.5) is 0 Å². The van der Waals surface area contributed by atoms with E-state index >= 15 is 0 Å². The van der Waals surface area contributed by atoms with Crippen molar-refractivity contribution >= 4 is 21.4 Å². The molecular weight excluding hydrogens is 410 g/mol. The van der Waals surface area contributed by atoms with E-state index in [9.17, 15) is 15.3 Å². The van der Waals surface area contributed by atoms with Gasteiger partial charge >= 0.3 is 0 Å². The quantitative estimate of drug-likeness (QED) is 0.275. The number of aromatic hydroxyl groups is 1. The molecular formula is C25H33NO4S. The van der Waals surface area contributed by atoms with Crippen LogP contribution in [0.3, 0.4) is 0 Å². The lowest BCUT2D eigenvalue weighted by Gasteiger charge is -2.14. The molecule has 0 fully saturated rings. The Balaban J connectivity index is 1.18. The third kappa shape index (κ3) is 7.30. The molecule has 0 saturated carbocycles. The summed E-state index contributed by atoms with van der Waals surface area (Å²) in [6.07, 6.45) is 4.73. The lowest BCUT2D eigenvalue weighted by Crippen LogP contribution is -2.22. The lowest BCUT2D eigenvalue weighted by molar-refractivity contribution is 0.133. The predicted octanol–water partition coefficient (Wildman–Crippen LogP) is 4.54. The second kappa shape index (κ2) is 12.8. The molecule has 1 atom stereocenters. The molecule has 1 aromatic heterocycles. The summed E-state index contributed by atoms with van der Waals surface area (Å²) in [6, 6.07) is 13.4. The Hall–Kier alpha value is -1.96. The molecule has 3 aromatic rings. The van der Waals surface area contributed by atoms with E-state index in [0.717, 1.165) is 51.9 Å². The summed E-state index contributed by atoms with van der Waals surface area (Å²) in [7, 11) is 0. The highest BCUT2D eigenvalue weighted by Gasteiger charge is 2.10. The van der Waals surface area contributed by atoms with Gasteiger partial charge in [-0.1, -0.05) is 37.1 Å². The number of phenols is 1. The highest BCUT2D eigenvalue weighted by atomic mass is 32.1. The van der Waals surface area contributed by atoms with Crippen LogP contribution in [0.1, 0.15) is 48.5 Å². The van der Waals surface area contributed by atoms with Crippen molar-refractivity contribution in [2.45, 2.75) is 44.8 Å². The molecule has 1 heterocycles. The molecule has 2 aromatic carbocycles. The molecule has 3 rings (SSSR count). The van der Waals surface area contributed by atoms with Gasteiger partial charge in [-0.15, -0.1) is 11.3 Å². The minimum atomic E-state index is -0.653. The van der Waals surface area contributed by atoms with E-state index in [1.54, 1.807) is 23.5 Å². The Labute approximate surface area is 188 Å². The van der Waals surface area contributed by atoms with E-state index in [-0.39, 0.29) is 12.4 Å². The number of nitrogens with one attached hydrogen (secondary N) is 1. The summed E-state index contributed by atoms with van der Waals surface area (Å²) in [5.74, 6) is 0.0512. The third-order valence-corrected chi connectivity index (χ3v) is 6.48. The molecule has 6 heteroatoms. The second-order valence-corrected chi connectivity index (χ2v) is 8.71. The van der Waals surface area contributed by atoms with Crippen molar-refractivity contribution in [3.63, 3.8) is 0 Å². The van der Waals surface area contributed by atoms with E-state index in [1.807, 2.05) is 0 Å². The molecule has 0 aliphatic heterocycles. The first-order chi connectivity index (χ1) is 15.2. The van der Waals surface area contributed by atoms with Crippen LogP contribution in [-0.2, 0) is 17.8 Å². The SMILES string of the molecule is OCc1cc(C(O)CNCCCCCCOCCc2csc3ccccc23)ccc1O. The zero-order chi connectivity index (χ0) is 21.9. The summed E-state index contributed by atoms with van der Waals surface area (Å²) < 4.78 is 7.16. The Bertz CT molecular complexity index is 927. The largest absolute Gasteiger partial charge is 0.508 e. The molecule has 0 radical (unpaired) electrons. The van der Waals surface area contributed by atoms with Gasteiger partial charge in [0.2, 0.25) is 0 Å². The normalized spacial score (nSPS) is 12.5. The Morgan fingerprint density at radius 3 is 2.68 bits per heavy atom. The number of thiophene rings is 1. The standard InChI is InChI=1S/C25H33NO4S/c27-17-21-15-19(9-10-23(21)28)24(29)16-26-12-5-1-2-6-13-30-14-11-20-18-31-25-8-4-3-7-22(20)25/h3-4,7-10,15,18,24,26-29H,1-2,5-6,11-14,16-17H2. The van der Waals surface area contributed by atoms with Gasteiger partial charge in [-0.2, -0.15) is 0 Å². The van der Waals surface area contributed by atoms with Crippen molar-refractivity contribution in [1.29, 1.82) is 0 Å². The zero-order valence-corrected chi connectivity index (χ0v) is 18.7. The monoisotopic (exact) mass is 443 g/mol. The van der Waals surface area contributed by atoms with Crippen LogP contribution in [-0.4, -0.2) is 41.6 Å². The number of rotatable bonds is 14. The summed E-state index contributed by atoms with van der Waals surface area (Å²) in [5.41, 5.74) is 2.51. The third-order valence-electron chi connectivity index (χ3n) is 5.47. The molecule has 0 saturated heterocycles. The van der Waals surface area contributed by atoms with Gasteiger partial charge in [0.15, 0.2) is 0 Å². The Morgan fingerprint density at radius 2 is 1.81 bits per heavy atom. The minimum Gasteiger partial charge on any atom is -0.508 e. The summed E-state index contributed by atoms with van der Waals surface area (Å²) in [5, 5.41) is 35.9. The van der Waals surface area contributed by atoms with Gasteiger partial charge in [-0.3, -0.25) is 0 Å². The molecule has 0 aliphatic rings. The maximum Gasteiger partial charge on any atom is 0.121 e. The summed E-state index contributed by atoms with van der Waals surface area (Å²) in [4.78, 5) is 0. The number of fused-ring (bicyclic) bond motifs is 1. The Morgan fingerprint density at radius 1 is 0.968 bits per heavy atom. The topological polar surface area (TPSA) is 82.0 Å². The molecule has 0 amide bonds. The molecule has 5 nitrogen and oxygen atoms in total. The molecule has 0 spiro atoms. The van der Waals surface area contributed by atoms with Gasteiger partial charge in [0, 0.05) is 23.4 Å². The summed E-state index contributed by atoms with van der Waals surface area (Å²) >= 11 is 1.80. The highest BCUT2D eigenvalue weighted by Crippen LogP contribution is 2.26. The number of aliphatic hydroxyl groups excluding tert-OH is 2. The van der Waals surface area contributed by atoms with Crippen molar-refractivity contribution in [3.8, 4) is 5.75 Å². The molecule has 1 unspecified atom stereocenters. The van der Waals surface area contributed by atoms with Crippen molar-refractivity contribution in [1.82, 2.24) is 5.32 Å². The molecule has 0 aliphatic carbocycles. The summed E-state index contributed by atoms with van der Waals surface area (Å²) in [6.45, 7) is 2.65. The minimum absolute atomic E-state index is 0.0512. The number of unbranched alkanes of at least 4 members (excludes halogenated alkanes) is 3. The molecule has 168 valence electrons. The average Bonchev–Trinajstić information content (AvgIpc) is 3.20. The predicted molar refractivity (Wildman–Crippen MR) is 127 cm³/mol. The molecule has 4 N–H and O–H groups in total. The number of benzene rings is 2. The van der Waals surface area contributed by atoms with E-state index in [4.69, 9.17) is 4.74 Å². The van der Waals surface area contributed by atoms with Crippen LogP contribution in [0.25, 0.3) is 10.1 Å². The fourth-order valence-electron chi connectivity index (χ4n) is 3.61.